The Bertz CT molecular complexity index is 922. The van der Waals surface area contributed by atoms with E-state index in [0.717, 1.165) is 17.5 Å². The van der Waals surface area contributed by atoms with Gasteiger partial charge >= 0.3 is 6.09 Å². The summed E-state index contributed by atoms with van der Waals surface area (Å²) in [4.78, 5) is 44.4. The van der Waals surface area contributed by atoms with Gasteiger partial charge in [-0.1, -0.05) is 51.1 Å². The molecule has 0 aliphatic carbocycles. The van der Waals surface area contributed by atoms with E-state index in [1.165, 1.54) is 4.90 Å². The minimum absolute atomic E-state index is 0.115. The van der Waals surface area contributed by atoms with E-state index in [9.17, 15) is 14.4 Å². The maximum atomic E-state index is 13.5. The van der Waals surface area contributed by atoms with Crippen molar-refractivity contribution < 1.29 is 19.1 Å². The molecule has 6 heteroatoms. The number of aromatic nitrogens is 1. The maximum absolute atomic E-state index is 13.5. The molecule has 1 saturated heterocycles. The van der Waals surface area contributed by atoms with Crippen LogP contribution >= 0.6 is 0 Å². The lowest BCUT2D eigenvalue weighted by Gasteiger charge is -2.26. The molecule has 1 aromatic carbocycles. The Labute approximate surface area is 190 Å². The van der Waals surface area contributed by atoms with Gasteiger partial charge in [-0.2, -0.15) is 0 Å². The zero-order valence-corrected chi connectivity index (χ0v) is 19.1. The van der Waals surface area contributed by atoms with Gasteiger partial charge in [-0.25, -0.2) is 9.69 Å². The highest BCUT2D eigenvalue weighted by Gasteiger charge is 2.43. The number of hydrogen-bond acceptors (Lipinski definition) is 5. The Morgan fingerprint density at radius 1 is 1.09 bits per heavy atom. The predicted octanol–water partition coefficient (Wildman–Crippen LogP) is 4.62. The Morgan fingerprint density at radius 2 is 1.78 bits per heavy atom. The van der Waals surface area contributed by atoms with E-state index in [2.05, 4.69) is 4.98 Å². The molecule has 0 spiro atoms. The smallest absolute Gasteiger partial charge is 0.417 e. The number of hydrogen-bond donors (Lipinski definition) is 0. The summed E-state index contributed by atoms with van der Waals surface area (Å²) in [7, 11) is 0. The number of carbonyl (C=O) groups excluding carboxylic acids is 3. The maximum Gasteiger partial charge on any atom is 0.417 e. The zero-order valence-electron chi connectivity index (χ0n) is 19.1. The van der Waals surface area contributed by atoms with Crippen molar-refractivity contribution in [2.24, 2.45) is 11.3 Å². The van der Waals surface area contributed by atoms with Crippen LogP contribution in [-0.2, 0) is 27.2 Å². The van der Waals surface area contributed by atoms with Crippen LogP contribution in [0.4, 0.5) is 4.79 Å². The van der Waals surface area contributed by atoms with Crippen LogP contribution in [0, 0.1) is 11.3 Å². The summed E-state index contributed by atoms with van der Waals surface area (Å²) < 4.78 is 5.22. The lowest BCUT2D eigenvalue weighted by Crippen LogP contribution is -2.46. The standard InChI is InChI=1S/C26H32N2O4/c1-26(2,3)17-23(29)22(11-7-10-19-12-14-27-15-13-19)24(30)28-21(18-32-25(28)31)16-20-8-5-4-6-9-20/h4-6,8-9,12-15,21-22H,7,10-11,16-18H2,1-3H3/t21?,22-/m0/s1. The van der Waals surface area contributed by atoms with Crippen molar-refractivity contribution in [1.29, 1.82) is 0 Å². The first-order valence-corrected chi connectivity index (χ1v) is 11.2. The van der Waals surface area contributed by atoms with Crippen LogP contribution in [0.2, 0.25) is 0 Å². The normalized spacial score (nSPS) is 17.2. The first kappa shape index (κ1) is 23.6. The van der Waals surface area contributed by atoms with Crippen LogP contribution in [0.15, 0.2) is 54.9 Å². The van der Waals surface area contributed by atoms with Crippen molar-refractivity contribution in [3.05, 3.63) is 66.0 Å². The van der Waals surface area contributed by atoms with Gasteiger partial charge in [-0.05, 0) is 54.4 Å². The van der Waals surface area contributed by atoms with Gasteiger partial charge in [-0.15, -0.1) is 0 Å². The Balaban J connectivity index is 1.75. The van der Waals surface area contributed by atoms with E-state index in [0.29, 0.717) is 19.3 Å². The molecule has 170 valence electrons. The number of benzene rings is 1. The number of nitrogens with zero attached hydrogens (tertiary/aromatic N) is 2. The summed E-state index contributed by atoms with van der Waals surface area (Å²) in [6.07, 6.45) is 5.42. The number of ether oxygens (including phenoxy) is 1. The molecule has 1 aliphatic rings. The summed E-state index contributed by atoms with van der Waals surface area (Å²) in [5.41, 5.74) is 1.89. The number of carbonyl (C=O) groups is 3. The van der Waals surface area contributed by atoms with E-state index in [1.807, 2.05) is 63.2 Å². The van der Waals surface area contributed by atoms with Crippen molar-refractivity contribution >= 4 is 17.8 Å². The molecule has 32 heavy (non-hydrogen) atoms. The van der Waals surface area contributed by atoms with Gasteiger partial charge in [0.2, 0.25) is 5.91 Å². The van der Waals surface area contributed by atoms with Crippen molar-refractivity contribution in [3.8, 4) is 0 Å². The highest BCUT2D eigenvalue weighted by molar-refractivity contribution is 6.06. The number of Topliss-reactive ketones (excluding diaryl/α,β-unsaturated/α-hetero) is 1. The molecule has 2 aromatic rings. The first-order valence-electron chi connectivity index (χ1n) is 11.2. The highest BCUT2D eigenvalue weighted by atomic mass is 16.6. The average Bonchev–Trinajstić information content (AvgIpc) is 3.11. The summed E-state index contributed by atoms with van der Waals surface area (Å²) in [5.74, 6) is -1.40. The van der Waals surface area contributed by atoms with Gasteiger partial charge in [0.15, 0.2) is 0 Å². The van der Waals surface area contributed by atoms with Crippen LogP contribution in [0.3, 0.4) is 0 Å². The summed E-state index contributed by atoms with van der Waals surface area (Å²) in [6, 6.07) is 13.2. The van der Waals surface area contributed by atoms with E-state index < -0.39 is 24.0 Å². The van der Waals surface area contributed by atoms with Gasteiger partial charge in [0.05, 0.1) is 12.0 Å². The number of ketones is 1. The second kappa shape index (κ2) is 10.5. The van der Waals surface area contributed by atoms with Crippen LogP contribution < -0.4 is 0 Å². The van der Waals surface area contributed by atoms with E-state index in [-0.39, 0.29) is 24.2 Å². The van der Waals surface area contributed by atoms with Gasteiger partial charge in [0.1, 0.15) is 12.4 Å². The molecule has 1 fully saturated rings. The molecular formula is C26H32N2O4. The molecule has 1 aliphatic heterocycles. The number of rotatable bonds is 9. The van der Waals surface area contributed by atoms with Crippen LogP contribution in [0.1, 0.15) is 51.2 Å². The highest BCUT2D eigenvalue weighted by Crippen LogP contribution is 2.27. The second-order valence-corrected chi connectivity index (χ2v) is 9.63. The second-order valence-electron chi connectivity index (χ2n) is 9.63. The Kier molecular flexibility index (Phi) is 7.78. The molecule has 2 heterocycles. The topological polar surface area (TPSA) is 76.6 Å². The molecule has 0 N–H and O–H groups in total. The minimum Gasteiger partial charge on any atom is -0.447 e. The van der Waals surface area contributed by atoms with E-state index in [4.69, 9.17) is 4.74 Å². The van der Waals surface area contributed by atoms with Crippen LogP contribution in [0.5, 0.6) is 0 Å². The lowest BCUT2D eigenvalue weighted by atomic mass is 9.83. The molecule has 3 rings (SSSR count). The number of cyclic esters (lactones) is 1. The summed E-state index contributed by atoms with van der Waals surface area (Å²) >= 11 is 0. The molecule has 2 atom stereocenters. The van der Waals surface area contributed by atoms with E-state index in [1.54, 1.807) is 12.4 Å². The first-order chi connectivity index (χ1) is 15.2. The van der Waals surface area contributed by atoms with Crippen molar-refractivity contribution in [1.82, 2.24) is 9.88 Å². The molecule has 2 amide bonds. The number of pyridine rings is 1. The van der Waals surface area contributed by atoms with Gasteiger partial charge < -0.3 is 4.74 Å². The van der Waals surface area contributed by atoms with Gasteiger partial charge in [0.25, 0.3) is 0 Å². The SMILES string of the molecule is CC(C)(C)CC(=O)[C@H](CCCc1ccncc1)C(=O)N1C(=O)OCC1Cc1ccccc1. The van der Waals surface area contributed by atoms with Crippen molar-refractivity contribution in [3.63, 3.8) is 0 Å². The third kappa shape index (κ3) is 6.49. The predicted molar refractivity (Wildman–Crippen MR) is 122 cm³/mol. The van der Waals surface area contributed by atoms with E-state index >= 15 is 0 Å². The quantitative estimate of drug-likeness (QED) is 0.536. The molecule has 0 bridgehead atoms. The average molecular weight is 437 g/mol. The number of amides is 2. The molecule has 1 aromatic heterocycles. The largest absolute Gasteiger partial charge is 0.447 e. The molecule has 0 saturated carbocycles. The molecule has 6 nitrogen and oxygen atoms in total. The fourth-order valence-electron chi connectivity index (χ4n) is 4.06. The monoisotopic (exact) mass is 436 g/mol. The van der Waals surface area contributed by atoms with Crippen LogP contribution in [-0.4, -0.2) is 40.3 Å². The minimum atomic E-state index is -0.847. The molecular weight excluding hydrogens is 404 g/mol. The third-order valence-electron chi connectivity index (χ3n) is 5.61. The van der Waals surface area contributed by atoms with Crippen LogP contribution in [0.25, 0.3) is 0 Å². The van der Waals surface area contributed by atoms with Crippen molar-refractivity contribution in [2.45, 2.75) is 58.9 Å². The number of aryl methyl sites for hydroxylation is 1. The summed E-state index contributed by atoms with van der Waals surface area (Å²) in [5, 5.41) is 0. The molecule has 1 unspecified atom stereocenters. The fourth-order valence-corrected chi connectivity index (χ4v) is 4.06. The zero-order chi connectivity index (χ0) is 23.1. The Morgan fingerprint density at radius 3 is 2.44 bits per heavy atom. The third-order valence-corrected chi connectivity index (χ3v) is 5.61. The summed E-state index contributed by atoms with van der Waals surface area (Å²) in [6.45, 7) is 6.08. The Hall–Kier alpha value is -3.02. The van der Waals surface area contributed by atoms with Gasteiger partial charge in [0, 0.05) is 18.8 Å². The number of imide groups is 1. The lowest BCUT2D eigenvalue weighted by molar-refractivity contribution is -0.140. The fraction of sp³-hybridized carbons (Fsp3) is 0.462. The van der Waals surface area contributed by atoms with Crippen molar-refractivity contribution in [2.75, 3.05) is 6.61 Å². The molecule has 0 radical (unpaired) electrons. The van der Waals surface area contributed by atoms with Gasteiger partial charge in [-0.3, -0.25) is 14.6 Å².